The lowest BCUT2D eigenvalue weighted by atomic mass is 10.0. The summed E-state index contributed by atoms with van der Waals surface area (Å²) in [5.41, 5.74) is 3.66. The highest BCUT2D eigenvalue weighted by Gasteiger charge is 2.20. The van der Waals surface area contributed by atoms with Crippen LogP contribution in [0.2, 0.25) is 5.02 Å². The highest BCUT2D eigenvalue weighted by atomic mass is 35.5. The van der Waals surface area contributed by atoms with Crippen molar-refractivity contribution in [2.24, 2.45) is 0 Å². The fourth-order valence-corrected chi connectivity index (χ4v) is 2.67. The number of benzene rings is 1. The third kappa shape index (κ3) is 2.64. The maximum atomic E-state index is 6.03. The molecule has 0 aliphatic rings. The van der Waals surface area contributed by atoms with Crippen molar-refractivity contribution in [3.8, 4) is 0 Å². The van der Waals surface area contributed by atoms with Crippen LogP contribution in [0.5, 0.6) is 0 Å². The van der Waals surface area contributed by atoms with Crippen molar-refractivity contribution in [3.05, 3.63) is 58.1 Å². The first-order chi connectivity index (χ1) is 10.1. The maximum Gasteiger partial charge on any atom is 0.134 e. The van der Waals surface area contributed by atoms with E-state index in [4.69, 9.17) is 16.0 Å². The van der Waals surface area contributed by atoms with E-state index in [0.29, 0.717) is 5.02 Å². The second kappa shape index (κ2) is 5.47. The SMILES string of the molecule is CNC(c1cc2cc(Cl)ccc2o1)c1cc(C)nnc1C. The van der Waals surface area contributed by atoms with Gasteiger partial charge in [0.15, 0.2) is 0 Å². The third-order valence-corrected chi connectivity index (χ3v) is 3.76. The molecule has 5 heteroatoms. The minimum Gasteiger partial charge on any atom is -0.459 e. The molecule has 1 N–H and O–H groups in total. The minimum absolute atomic E-state index is 0.0645. The number of furan rings is 1. The van der Waals surface area contributed by atoms with Gasteiger partial charge < -0.3 is 9.73 Å². The minimum atomic E-state index is -0.0645. The van der Waals surface area contributed by atoms with Crippen molar-refractivity contribution in [2.75, 3.05) is 7.05 Å². The van der Waals surface area contributed by atoms with Crippen LogP contribution in [-0.4, -0.2) is 17.2 Å². The first-order valence-electron chi connectivity index (χ1n) is 6.75. The number of hydrogen-bond acceptors (Lipinski definition) is 4. The smallest absolute Gasteiger partial charge is 0.134 e. The zero-order valence-electron chi connectivity index (χ0n) is 12.1. The van der Waals surface area contributed by atoms with Crippen LogP contribution in [0.25, 0.3) is 11.0 Å². The molecule has 1 unspecified atom stereocenters. The Labute approximate surface area is 128 Å². The van der Waals surface area contributed by atoms with Gasteiger partial charge >= 0.3 is 0 Å². The van der Waals surface area contributed by atoms with Gasteiger partial charge in [0, 0.05) is 16.0 Å². The Morgan fingerprint density at radius 1 is 1.14 bits per heavy atom. The van der Waals surface area contributed by atoms with E-state index in [2.05, 4.69) is 15.5 Å². The summed E-state index contributed by atoms with van der Waals surface area (Å²) in [7, 11) is 1.90. The first kappa shape index (κ1) is 14.0. The van der Waals surface area contributed by atoms with Gasteiger partial charge in [0.05, 0.1) is 17.4 Å². The zero-order valence-corrected chi connectivity index (χ0v) is 12.9. The molecule has 0 spiro atoms. The van der Waals surface area contributed by atoms with Gasteiger partial charge in [-0.15, -0.1) is 0 Å². The Balaban J connectivity index is 2.11. The average Bonchev–Trinajstić information content (AvgIpc) is 2.86. The molecule has 108 valence electrons. The topological polar surface area (TPSA) is 51.0 Å². The highest BCUT2D eigenvalue weighted by molar-refractivity contribution is 6.31. The molecule has 21 heavy (non-hydrogen) atoms. The predicted octanol–water partition coefficient (Wildman–Crippen LogP) is 3.80. The van der Waals surface area contributed by atoms with Crippen molar-refractivity contribution in [3.63, 3.8) is 0 Å². The Hall–Kier alpha value is -1.91. The van der Waals surface area contributed by atoms with E-state index in [-0.39, 0.29) is 6.04 Å². The lowest BCUT2D eigenvalue weighted by Crippen LogP contribution is -2.19. The molecule has 3 rings (SSSR count). The van der Waals surface area contributed by atoms with Crippen LogP contribution < -0.4 is 5.32 Å². The predicted molar refractivity (Wildman–Crippen MR) is 83.6 cm³/mol. The van der Waals surface area contributed by atoms with E-state index in [0.717, 1.165) is 33.7 Å². The number of nitrogens with zero attached hydrogens (tertiary/aromatic N) is 2. The normalized spacial score (nSPS) is 12.8. The lowest BCUT2D eigenvalue weighted by molar-refractivity contribution is 0.488. The summed E-state index contributed by atoms with van der Waals surface area (Å²) < 4.78 is 5.96. The van der Waals surface area contributed by atoms with E-state index in [1.807, 2.05) is 51.2 Å². The third-order valence-electron chi connectivity index (χ3n) is 3.52. The summed E-state index contributed by atoms with van der Waals surface area (Å²) in [6, 6.07) is 9.59. The van der Waals surface area contributed by atoms with Crippen molar-refractivity contribution in [1.29, 1.82) is 0 Å². The maximum absolute atomic E-state index is 6.03. The van der Waals surface area contributed by atoms with Gasteiger partial charge in [-0.1, -0.05) is 11.6 Å². The second-order valence-electron chi connectivity index (χ2n) is 5.08. The van der Waals surface area contributed by atoms with Crippen LogP contribution in [0.15, 0.2) is 34.7 Å². The lowest BCUT2D eigenvalue weighted by Gasteiger charge is -2.15. The number of aryl methyl sites for hydroxylation is 2. The number of halogens is 1. The molecule has 0 saturated carbocycles. The van der Waals surface area contributed by atoms with E-state index in [1.165, 1.54) is 0 Å². The van der Waals surface area contributed by atoms with Crippen LogP contribution in [0.1, 0.15) is 28.8 Å². The molecule has 0 aliphatic heterocycles. The number of rotatable bonds is 3. The van der Waals surface area contributed by atoms with E-state index in [1.54, 1.807) is 0 Å². The fourth-order valence-electron chi connectivity index (χ4n) is 2.49. The summed E-state index contributed by atoms with van der Waals surface area (Å²) in [6.07, 6.45) is 0. The van der Waals surface area contributed by atoms with Gasteiger partial charge in [0.1, 0.15) is 11.3 Å². The fraction of sp³-hybridized carbons (Fsp3) is 0.250. The molecule has 0 radical (unpaired) electrons. The molecule has 1 atom stereocenters. The molecule has 0 fully saturated rings. The molecule has 0 bridgehead atoms. The molecule has 4 nitrogen and oxygen atoms in total. The van der Waals surface area contributed by atoms with E-state index >= 15 is 0 Å². The van der Waals surface area contributed by atoms with Gasteiger partial charge in [0.25, 0.3) is 0 Å². The van der Waals surface area contributed by atoms with Crippen LogP contribution in [0.3, 0.4) is 0 Å². The summed E-state index contributed by atoms with van der Waals surface area (Å²) >= 11 is 6.03. The standard InChI is InChI=1S/C16H16ClN3O/c1-9-6-13(10(2)20-19-9)16(18-3)15-8-11-7-12(17)4-5-14(11)21-15/h4-8,16,18H,1-3H3. The first-order valence-corrected chi connectivity index (χ1v) is 7.13. The summed E-state index contributed by atoms with van der Waals surface area (Å²) in [6.45, 7) is 3.88. The summed E-state index contributed by atoms with van der Waals surface area (Å²) in [5, 5.41) is 13.2. The van der Waals surface area contributed by atoms with Gasteiger partial charge in [0.2, 0.25) is 0 Å². The Kier molecular flexibility index (Phi) is 3.66. The Morgan fingerprint density at radius 2 is 1.95 bits per heavy atom. The molecular formula is C16H16ClN3O. The molecule has 2 aromatic heterocycles. The molecule has 3 aromatic rings. The highest BCUT2D eigenvalue weighted by Crippen LogP contribution is 2.30. The Morgan fingerprint density at radius 3 is 2.71 bits per heavy atom. The molecule has 0 aliphatic carbocycles. The van der Waals surface area contributed by atoms with Crippen LogP contribution in [0, 0.1) is 13.8 Å². The number of nitrogens with one attached hydrogen (secondary N) is 1. The van der Waals surface area contributed by atoms with Crippen LogP contribution >= 0.6 is 11.6 Å². The van der Waals surface area contributed by atoms with Crippen LogP contribution in [-0.2, 0) is 0 Å². The molecule has 1 aromatic carbocycles. The van der Waals surface area contributed by atoms with E-state index in [9.17, 15) is 0 Å². The Bertz CT molecular complexity index is 797. The van der Waals surface area contributed by atoms with Gasteiger partial charge in [-0.3, -0.25) is 0 Å². The quantitative estimate of drug-likeness (QED) is 0.799. The molecule has 2 heterocycles. The molecule has 0 saturated heterocycles. The van der Waals surface area contributed by atoms with Crippen molar-refractivity contribution < 1.29 is 4.42 Å². The summed E-state index contributed by atoms with van der Waals surface area (Å²) in [5.74, 6) is 0.838. The number of hydrogen-bond donors (Lipinski definition) is 1. The molecular weight excluding hydrogens is 286 g/mol. The second-order valence-corrected chi connectivity index (χ2v) is 5.52. The van der Waals surface area contributed by atoms with Crippen molar-refractivity contribution in [2.45, 2.75) is 19.9 Å². The van der Waals surface area contributed by atoms with Crippen molar-refractivity contribution in [1.82, 2.24) is 15.5 Å². The summed E-state index contributed by atoms with van der Waals surface area (Å²) in [4.78, 5) is 0. The zero-order chi connectivity index (χ0) is 15.0. The van der Waals surface area contributed by atoms with E-state index < -0.39 is 0 Å². The van der Waals surface area contributed by atoms with Gasteiger partial charge in [-0.05, 0) is 51.2 Å². The molecule has 0 amide bonds. The number of aromatic nitrogens is 2. The number of fused-ring (bicyclic) bond motifs is 1. The average molecular weight is 302 g/mol. The monoisotopic (exact) mass is 301 g/mol. The van der Waals surface area contributed by atoms with Gasteiger partial charge in [-0.25, -0.2) is 0 Å². The van der Waals surface area contributed by atoms with Crippen LogP contribution in [0.4, 0.5) is 0 Å². The van der Waals surface area contributed by atoms with Gasteiger partial charge in [-0.2, -0.15) is 10.2 Å². The largest absolute Gasteiger partial charge is 0.459 e. The van der Waals surface area contributed by atoms with Crippen molar-refractivity contribution >= 4 is 22.6 Å².